The summed E-state index contributed by atoms with van der Waals surface area (Å²) in [6.07, 6.45) is 0. The van der Waals surface area contributed by atoms with Gasteiger partial charge in [0.05, 0.1) is 16.6 Å². The van der Waals surface area contributed by atoms with Crippen LogP contribution < -0.4 is 49.2 Å². The minimum atomic E-state index is 0.267. The van der Waals surface area contributed by atoms with Gasteiger partial charge in [0.1, 0.15) is 0 Å². The smallest absolute Gasteiger partial charge is 0.246 e. The van der Waals surface area contributed by atoms with Crippen molar-refractivity contribution < 1.29 is 0 Å². The van der Waals surface area contributed by atoms with Gasteiger partial charge in [0.2, 0.25) is 20.1 Å². The third kappa shape index (κ3) is 7.19. The molecule has 3 aliphatic rings. The Kier molecular flexibility index (Phi) is 10.9. The summed E-state index contributed by atoms with van der Waals surface area (Å²) in [6, 6.07) is 99.9. The van der Waals surface area contributed by atoms with E-state index in [2.05, 4.69) is 307 Å². The lowest BCUT2D eigenvalue weighted by Crippen LogP contribution is -2.55. The first-order chi connectivity index (χ1) is 40.0. The lowest BCUT2D eigenvalue weighted by atomic mass is 9.35. The van der Waals surface area contributed by atoms with Crippen molar-refractivity contribution in [2.24, 2.45) is 0 Å². The van der Waals surface area contributed by atoms with Gasteiger partial charge >= 0.3 is 0 Å². The van der Waals surface area contributed by atoms with Gasteiger partial charge in [-0.25, -0.2) is 0 Å². The summed E-state index contributed by atoms with van der Waals surface area (Å²) < 4.78 is 7.41. The Balaban J connectivity index is 0.000000100. The van der Waals surface area contributed by atoms with Crippen LogP contribution >= 0.6 is 0 Å². The minimum Gasteiger partial charge on any atom is -0.310 e. The molecule has 18 rings (SSSR count). The summed E-state index contributed by atoms with van der Waals surface area (Å²) in [6.45, 7) is 7.37. The molecule has 0 fully saturated rings. The van der Waals surface area contributed by atoms with E-state index in [0.717, 1.165) is 0 Å². The lowest BCUT2D eigenvalue weighted by Gasteiger charge is -2.27. The Morgan fingerprint density at radius 3 is 1.15 bits per heavy atom. The SMILES string of the molecule is Cc1ccc2c(c1)c1cccc3c1n2-c1ccccc1B3c1ccccc1.Cc1ccc2c3cccc4c3n(c2c1)-c1ccccc1B4c1ccccc1.Cc1cccc2c1c1cccc3c1n2-c1ccccc1B3c1ccccc1. The molecule has 0 unspecified atom stereocenters. The topological polar surface area (TPSA) is 14.8 Å². The lowest BCUT2D eigenvalue weighted by molar-refractivity contribution is 1.19. The number of hydrogen-bond donors (Lipinski definition) is 0. The predicted molar refractivity (Wildman–Crippen MR) is 350 cm³/mol. The number of rotatable bonds is 3. The van der Waals surface area contributed by atoms with Crippen LogP contribution in [0.4, 0.5) is 0 Å². The van der Waals surface area contributed by atoms with Crippen LogP contribution in [0.3, 0.4) is 0 Å². The Hall–Kier alpha value is -9.77. The van der Waals surface area contributed by atoms with Gasteiger partial charge < -0.3 is 13.7 Å². The molecule has 0 atom stereocenters. The minimum absolute atomic E-state index is 0.267. The van der Waals surface area contributed by atoms with E-state index in [-0.39, 0.29) is 20.1 Å². The van der Waals surface area contributed by atoms with Crippen LogP contribution in [0.25, 0.3) is 82.5 Å². The first-order valence-electron chi connectivity index (χ1n) is 28.5. The number of fused-ring (bicyclic) bond motifs is 15. The molecule has 0 N–H and O–H groups in total. The third-order valence-electron chi connectivity index (χ3n) is 17.8. The fourth-order valence-electron chi connectivity index (χ4n) is 14.5. The van der Waals surface area contributed by atoms with Gasteiger partial charge in [0.15, 0.2) is 0 Å². The van der Waals surface area contributed by atoms with Crippen molar-refractivity contribution >= 4 is 135 Å². The molecular formula is C75H54B3N3. The predicted octanol–water partition coefficient (Wildman–Crippen LogP) is 11.8. The first kappa shape index (κ1) is 47.3. The molecule has 0 aliphatic carbocycles. The highest BCUT2D eigenvalue weighted by molar-refractivity contribution is 6.99. The van der Waals surface area contributed by atoms with Crippen molar-refractivity contribution in [3.05, 3.63) is 290 Å². The quantitative estimate of drug-likeness (QED) is 0.157. The number of hydrogen-bond acceptors (Lipinski definition) is 0. The summed E-state index contributed by atoms with van der Waals surface area (Å²) in [7, 11) is 0. The van der Waals surface area contributed by atoms with Gasteiger partial charge in [-0.2, -0.15) is 0 Å². The van der Waals surface area contributed by atoms with E-state index < -0.39 is 0 Å². The zero-order valence-electron chi connectivity index (χ0n) is 45.6. The van der Waals surface area contributed by atoms with E-state index in [0.29, 0.717) is 0 Å². The molecule has 12 aromatic carbocycles. The zero-order valence-corrected chi connectivity index (χ0v) is 45.6. The van der Waals surface area contributed by atoms with Crippen LogP contribution in [0.5, 0.6) is 0 Å². The maximum atomic E-state index is 2.47. The number of nitrogens with zero attached hydrogens (tertiary/aromatic N) is 3. The fraction of sp³-hybridized carbons (Fsp3) is 0.0400. The molecule has 378 valence electrons. The van der Waals surface area contributed by atoms with E-state index >= 15 is 0 Å². The van der Waals surface area contributed by atoms with Gasteiger partial charge in [0.25, 0.3) is 0 Å². The van der Waals surface area contributed by atoms with Gasteiger partial charge in [0, 0.05) is 65.9 Å². The highest BCUT2D eigenvalue weighted by Gasteiger charge is 2.36. The van der Waals surface area contributed by atoms with Gasteiger partial charge in [-0.15, -0.1) is 0 Å². The largest absolute Gasteiger partial charge is 0.310 e. The molecule has 3 aromatic heterocycles. The summed E-state index contributed by atoms with van der Waals surface area (Å²) in [5.74, 6) is 0. The maximum absolute atomic E-state index is 2.47. The fourth-order valence-corrected chi connectivity index (χ4v) is 14.5. The molecule has 0 spiro atoms. The van der Waals surface area contributed by atoms with Crippen molar-refractivity contribution in [1.29, 1.82) is 0 Å². The molecule has 15 aromatic rings. The number of benzene rings is 12. The summed E-state index contributed by atoms with van der Waals surface area (Å²) in [4.78, 5) is 0. The molecule has 6 heteroatoms. The maximum Gasteiger partial charge on any atom is 0.246 e. The average Bonchev–Trinajstić information content (AvgIpc) is 4.17. The molecule has 0 saturated carbocycles. The first-order valence-corrected chi connectivity index (χ1v) is 28.5. The second kappa shape index (κ2) is 18.7. The number of aromatic nitrogens is 3. The number of aryl methyl sites for hydroxylation is 3. The molecule has 3 aliphatic heterocycles. The van der Waals surface area contributed by atoms with Crippen molar-refractivity contribution in [3.63, 3.8) is 0 Å². The van der Waals surface area contributed by atoms with Crippen LogP contribution in [0.2, 0.25) is 0 Å². The van der Waals surface area contributed by atoms with E-state index in [1.165, 1.54) is 148 Å². The highest BCUT2D eigenvalue weighted by Crippen LogP contribution is 2.37. The summed E-state index contributed by atoms with van der Waals surface area (Å²) >= 11 is 0. The molecule has 0 bridgehead atoms. The van der Waals surface area contributed by atoms with Crippen LogP contribution in [-0.2, 0) is 0 Å². The van der Waals surface area contributed by atoms with E-state index in [1.54, 1.807) is 0 Å². The van der Waals surface area contributed by atoms with Crippen LogP contribution in [0, 0.1) is 20.8 Å². The van der Waals surface area contributed by atoms with Gasteiger partial charge in [-0.1, -0.05) is 252 Å². The van der Waals surface area contributed by atoms with Crippen LogP contribution in [0.15, 0.2) is 273 Å². The van der Waals surface area contributed by atoms with E-state index in [9.17, 15) is 0 Å². The van der Waals surface area contributed by atoms with Crippen molar-refractivity contribution in [2.75, 3.05) is 0 Å². The van der Waals surface area contributed by atoms with E-state index in [4.69, 9.17) is 0 Å². The molecule has 0 saturated heterocycles. The van der Waals surface area contributed by atoms with Crippen LogP contribution in [0.1, 0.15) is 16.7 Å². The average molecular weight is 1030 g/mol. The summed E-state index contributed by atoms with van der Waals surface area (Å²) in [5.41, 5.74) is 28.2. The Morgan fingerprint density at radius 1 is 0.247 bits per heavy atom. The second-order valence-electron chi connectivity index (χ2n) is 22.5. The third-order valence-corrected chi connectivity index (χ3v) is 17.8. The molecule has 0 radical (unpaired) electrons. The van der Waals surface area contributed by atoms with Crippen LogP contribution in [-0.4, -0.2) is 33.8 Å². The Morgan fingerprint density at radius 2 is 0.630 bits per heavy atom. The standard InChI is InChI=1S/3C25H18BN/c1-17-9-7-16-23-24(17)19-12-8-14-21-25(19)27(23)22-15-6-5-13-20(22)26(21)18-10-3-2-4-11-18;1-17-14-15-19-20-10-7-12-22-25(20)27(24(19)16-17)23-13-6-5-11-21(23)26(22)18-8-3-2-4-9-18;1-17-14-15-23-20(16-17)19-10-7-12-22-25(19)27(23)24-13-6-5-11-21(24)26(22)18-8-3-2-4-9-18/h3*2-16H,1H3. The highest BCUT2D eigenvalue weighted by atomic mass is 15.0. The molecule has 3 nitrogen and oxygen atoms in total. The van der Waals surface area contributed by atoms with Gasteiger partial charge in [-0.05, 0) is 107 Å². The zero-order chi connectivity index (χ0) is 53.9. The second-order valence-corrected chi connectivity index (χ2v) is 22.5. The normalized spacial score (nSPS) is 12.6. The van der Waals surface area contributed by atoms with Crippen molar-refractivity contribution in [2.45, 2.75) is 20.8 Å². The van der Waals surface area contributed by atoms with Gasteiger partial charge in [-0.3, -0.25) is 0 Å². The monoisotopic (exact) mass is 1030 g/mol. The molecule has 0 amide bonds. The number of para-hydroxylation sites is 6. The molecular weight excluding hydrogens is 975 g/mol. The Labute approximate surface area is 473 Å². The van der Waals surface area contributed by atoms with Crippen molar-refractivity contribution in [1.82, 2.24) is 13.7 Å². The van der Waals surface area contributed by atoms with Crippen molar-refractivity contribution in [3.8, 4) is 17.1 Å². The molecule has 81 heavy (non-hydrogen) atoms. The Bertz CT molecular complexity index is 4900. The summed E-state index contributed by atoms with van der Waals surface area (Å²) in [5, 5.41) is 8.10. The van der Waals surface area contributed by atoms with E-state index in [1.807, 2.05) is 0 Å². The molecule has 6 heterocycles.